The maximum absolute atomic E-state index is 10.1. The van der Waals surface area contributed by atoms with E-state index in [0.717, 1.165) is 71.0 Å². The molecule has 3 aromatic heterocycles. The van der Waals surface area contributed by atoms with Crippen LogP contribution >= 0.6 is 0 Å². The summed E-state index contributed by atoms with van der Waals surface area (Å²) in [4.78, 5) is 16.8. The molecular formula is C30H40N8O2. The van der Waals surface area contributed by atoms with Crippen LogP contribution in [0.2, 0.25) is 0 Å². The highest BCUT2D eigenvalue weighted by atomic mass is 16.5. The van der Waals surface area contributed by atoms with Gasteiger partial charge in [0.1, 0.15) is 17.9 Å². The molecule has 1 aromatic carbocycles. The maximum Gasteiger partial charge on any atom is 0.232 e. The molecular weight excluding hydrogens is 504 g/mol. The Kier molecular flexibility index (Phi) is 7.35. The highest BCUT2D eigenvalue weighted by molar-refractivity contribution is 5.91. The van der Waals surface area contributed by atoms with Crippen molar-refractivity contribution in [2.75, 3.05) is 30.5 Å². The van der Waals surface area contributed by atoms with Gasteiger partial charge in [-0.1, -0.05) is 19.3 Å². The highest BCUT2D eigenvalue weighted by Crippen LogP contribution is 2.35. The number of aliphatic hydroxyl groups is 1. The van der Waals surface area contributed by atoms with Crippen molar-refractivity contribution in [3.63, 3.8) is 0 Å². The zero-order chi connectivity index (χ0) is 27.8. The molecule has 0 spiro atoms. The van der Waals surface area contributed by atoms with Crippen LogP contribution in [0.5, 0.6) is 5.75 Å². The standard InChI is InChI=1S/C30H40N8O2/c1-19-13-24(14-25(40-4)20(19)2)36-16-26(31-18-36)32-30-33-28(37-12-8-11-23(37)17-39)27-21(3)35-38(29(27)34-30)15-22-9-6-5-7-10-22/h13-14,16,18,22-23,39H,5-12,15,17H2,1-4H3,(H,32,33,34)/t23-/m0/s1. The minimum absolute atomic E-state index is 0.0472. The molecule has 4 heterocycles. The molecule has 40 heavy (non-hydrogen) atoms. The van der Waals surface area contributed by atoms with Crippen LogP contribution in [0.25, 0.3) is 16.7 Å². The third kappa shape index (κ3) is 5.00. The van der Waals surface area contributed by atoms with E-state index in [4.69, 9.17) is 19.8 Å². The number of imidazole rings is 1. The van der Waals surface area contributed by atoms with Crippen molar-refractivity contribution in [3.8, 4) is 11.4 Å². The number of aryl methyl sites for hydroxylation is 2. The quantitative estimate of drug-likeness (QED) is 0.311. The minimum Gasteiger partial charge on any atom is -0.496 e. The van der Waals surface area contributed by atoms with Crippen molar-refractivity contribution in [2.45, 2.75) is 78.3 Å². The van der Waals surface area contributed by atoms with Gasteiger partial charge in [0.05, 0.1) is 42.7 Å². The average molecular weight is 545 g/mol. The molecule has 2 fully saturated rings. The largest absolute Gasteiger partial charge is 0.496 e. The Morgan fingerprint density at radius 3 is 2.65 bits per heavy atom. The summed E-state index contributed by atoms with van der Waals surface area (Å²) in [5, 5.41) is 19.4. The van der Waals surface area contributed by atoms with Gasteiger partial charge >= 0.3 is 0 Å². The lowest BCUT2D eigenvalue weighted by Gasteiger charge is -2.25. The van der Waals surface area contributed by atoms with Crippen LogP contribution < -0.4 is 15.0 Å². The van der Waals surface area contributed by atoms with E-state index >= 15 is 0 Å². The third-order valence-electron chi connectivity index (χ3n) is 8.71. The van der Waals surface area contributed by atoms with Crippen molar-refractivity contribution >= 4 is 28.6 Å². The van der Waals surface area contributed by atoms with Gasteiger partial charge in [0, 0.05) is 19.2 Å². The van der Waals surface area contributed by atoms with E-state index in [1.54, 1.807) is 13.4 Å². The lowest BCUT2D eigenvalue weighted by molar-refractivity contribution is 0.266. The first-order chi connectivity index (χ1) is 19.4. The summed E-state index contributed by atoms with van der Waals surface area (Å²) < 4.78 is 9.63. The summed E-state index contributed by atoms with van der Waals surface area (Å²) in [5.74, 6) is 3.45. The number of aromatic nitrogens is 6. The Labute approximate surface area is 235 Å². The van der Waals surface area contributed by atoms with Gasteiger partial charge in [-0.2, -0.15) is 15.1 Å². The predicted octanol–water partition coefficient (Wildman–Crippen LogP) is 5.23. The first kappa shape index (κ1) is 26.6. The van der Waals surface area contributed by atoms with E-state index in [2.05, 4.69) is 39.8 Å². The summed E-state index contributed by atoms with van der Waals surface area (Å²) in [6.45, 7) is 8.02. The van der Waals surface area contributed by atoms with Gasteiger partial charge in [-0.25, -0.2) is 9.67 Å². The van der Waals surface area contributed by atoms with Crippen LogP contribution in [0.1, 0.15) is 61.8 Å². The molecule has 0 unspecified atom stereocenters. The Morgan fingerprint density at radius 1 is 1.05 bits per heavy atom. The number of anilines is 3. The Morgan fingerprint density at radius 2 is 1.88 bits per heavy atom. The molecule has 212 valence electrons. The Hall–Kier alpha value is -3.66. The number of ether oxygens (including phenoxy) is 1. The second-order valence-corrected chi connectivity index (χ2v) is 11.4. The SMILES string of the molecule is COc1cc(-n2cnc(Nc3nc(N4CCC[C@H]4CO)c4c(C)nn(CC5CCCCC5)c4n3)c2)cc(C)c1C. The molecule has 2 N–H and O–H groups in total. The number of fused-ring (bicyclic) bond motifs is 1. The topological polar surface area (TPSA) is 106 Å². The van der Waals surface area contributed by atoms with Crippen molar-refractivity contribution < 1.29 is 9.84 Å². The average Bonchev–Trinajstić information content (AvgIpc) is 3.70. The predicted molar refractivity (Wildman–Crippen MR) is 157 cm³/mol. The number of benzene rings is 1. The van der Waals surface area contributed by atoms with Gasteiger partial charge in [-0.15, -0.1) is 0 Å². The van der Waals surface area contributed by atoms with Crippen molar-refractivity contribution in [2.24, 2.45) is 5.92 Å². The number of nitrogens with one attached hydrogen (secondary N) is 1. The molecule has 6 rings (SSSR count). The van der Waals surface area contributed by atoms with E-state index < -0.39 is 0 Å². The highest BCUT2D eigenvalue weighted by Gasteiger charge is 2.30. The molecule has 1 atom stereocenters. The van der Waals surface area contributed by atoms with E-state index in [-0.39, 0.29) is 12.6 Å². The third-order valence-corrected chi connectivity index (χ3v) is 8.71. The van der Waals surface area contributed by atoms with Gasteiger partial charge in [-0.3, -0.25) is 0 Å². The molecule has 4 aromatic rings. The maximum atomic E-state index is 10.1. The van der Waals surface area contributed by atoms with E-state index in [1.165, 1.54) is 32.1 Å². The first-order valence-electron chi connectivity index (χ1n) is 14.5. The van der Waals surface area contributed by atoms with Crippen LogP contribution in [-0.2, 0) is 6.54 Å². The monoisotopic (exact) mass is 544 g/mol. The molecule has 0 radical (unpaired) electrons. The molecule has 1 aliphatic carbocycles. The molecule has 2 aliphatic rings. The van der Waals surface area contributed by atoms with E-state index in [9.17, 15) is 5.11 Å². The van der Waals surface area contributed by atoms with Gasteiger partial charge in [0.25, 0.3) is 0 Å². The zero-order valence-electron chi connectivity index (χ0n) is 24.0. The second kappa shape index (κ2) is 11.1. The molecule has 10 heteroatoms. The van der Waals surface area contributed by atoms with Gasteiger partial charge in [0.2, 0.25) is 5.95 Å². The summed E-state index contributed by atoms with van der Waals surface area (Å²) in [7, 11) is 1.69. The minimum atomic E-state index is 0.0472. The van der Waals surface area contributed by atoms with E-state index in [1.807, 2.05) is 23.8 Å². The number of methoxy groups -OCH3 is 1. The van der Waals surface area contributed by atoms with Crippen molar-refractivity contribution in [3.05, 3.63) is 41.5 Å². The second-order valence-electron chi connectivity index (χ2n) is 11.4. The Bertz CT molecular complexity index is 1500. The van der Waals surface area contributed by atoms with Crippen LogP contribution in [-0.4, -0.2) is 60.7 Å². The van der Waals surface area contributed by atoms with Crippen molar-refractivity contribution in [1.29, 1.82) is 0 Å². The zero-order valence-corrected chi connectivity index (χ0v) is 24.0. The van der Waals surface area contributed by atoms with Crippen molar-refractivity contribution in [1.82, 2.24) is 29.3 Å². The normalized spacial score (nSPS) is 18.1. The van der Waals surface area contributed by atoms with Crippen LogP contribution in [0.4, 0.5) is 17.6 Å². The molecule has 1 saturated carbocycles. The lowest BCUT2D eigenvalue weighted by Crippen LogP contribution is -2.33. The number of hydrogen-bond donors (Lipinski definition) is 2. The van der Waals surface area contributed by atoms with Crippen LogP contribution in [0.3, 0.4) is 0 Å². The molecule has 1 saturated heterocycles. The number of nitrogens with zero attached hydrogens (tertiary/aromatic N) is 7. The lowest BCUT2D eigenvalue weighted by atomic mass is 9.89. The Balaban J connectivity index is 1.37. The van der Waals surface area contributed by atoms with E-state index in [0.29, 0.717) is 17.7 Å². The fourth-order valence-corrected chi connectivity index (χ4v) is 6.35. The molecule has 1 aliphatic heterocycles. The fourth-order valence-electron chi connectivity index (χ4n) is 6.35. The van der Waals surface area contributed by atoms with Crippen LogP contribution in [0, 0.1) is 26.7 Å². The molecule has 0 amide bonds. The number of rotatable bonds is 8. The first-order valence-corrected chi connectivity index (χ1v) is 14.5. The number of aliphatic hydroxyl groups excluding tert-OH is 1. The molecule has 10 nitrogen and oxygen atoms in total. The summed E-state index contributed by atoms with van der Waals surface area (Å²) >= 11 is 0. The number of hydrogen-bond acceptors (Lipinski definition) is 8. The van der Waals surface area contributed by atoms with Gasteiger partial charge in [-0.05, 0) is 69.6 Å². The van der Waals surface area contributed by atoms with Gasteiger partial charge < -0.3 is 24.6 Å². The summed E-state index contributed by atoms with van der Waals surface area (Å²) in [6.07, 6.45) is 12.1. The summed E-state index contributed by atoms with van der Waals surface area (Å²) in [6, 6.07) is 4.19. The van der Waals surface area contributed by atoms with Gasteiger partial charge in [0.15, 0.2) is 11.5 Å². The molecule has 0 bridgehead atoms. The smallest absolute Gasteiger partial charge is 0.232 e. The fraction of sp³-hybridized carbons (Fsp3) is 0.533. The summed E-state index contributed by atoms with van der Waals surface area (Å²) in [5.41, 5.74) is 5.03. The van der Waals surface area contributed by atoms with Crippen LogP contribution in [0.15, 0.2) is 24.7 Å².